The van der Waals surface area contributed by atoms with Crippen molar-refractivity contribution in [1.82, 2.24) is 10.2 Å². The molecule has 2 aromatic carbocycles. The second kappa shape index (κ2) is 8.15. The van der Waals surface area contributed by atoms with Crippen molar-refractivity contribution in [3.63, 3.8) is 0 Å². The maximum atomic E-state index is 12.5. The van der Waals surface area contributed by atoms with E-state index in [9.17, 15) is 24.6 Å². The molecule has 2 aliphatic rings. The van der Waals surface area contributed by atoms with Crippen LogP contribution in [-0.4, -0.2) is 57.3 Å². The number of nitrogens with zero attached hydrogens (tertiary/aromatic N) is 1. The van der Waals surface area contributed by atoms with Gasteiger partial charge in [-0.15, -0.1) is 0 Å². The van der Waals surface area contributed by atoms with Gasteiger partial charge in [-0.25, -0.2) is 0 Å². The molecule has 1 fully saturated rings. The highest BCUT2D eigenvalue weighted by atomic mass is 32.2. The smallest absolute Gasteiger partial charge is 0.287 e. The summed E-state index contributed by atoms with van der Waals surface area (Å²) in [5.41, 5.74) is 1.07. The number of aromatic hydroxyl groups is 2. The number of carbonyl (C=O) groups excluding carboxylic acids is 3. The summed E-state index contributed by atoms with van der Waals surface area (Å²) >= 11 is 0.691. The van der Waals surface area contributed by atoms with E-state index in [0.29, 0.717) is 23.9 Å². The lowest BCUT2D eigenvalue weighted by Gasteiger charge is -2.28. The molecule has 4 rings (SSSR count). The molecule has 0 bridgehead atoms. The van der Waals surface area contributed by atoms with E-state index in [4.69, 9.17) is 9.47 Å². The summed E-state index contributed by atoms with van der Waals surface area (Å²) in [6, 6.07) is 9.03. The van der Waals surface area contributed by atoms with Crippen molar-refractivity contribution >= 4 is 28.0 Å². The van der Waals surface area contributed by atoms with Crippen molar-refractivity contribution in [3.8, 4) is 23.0 Å². The summed E-state index contributed by atoms with van der Waals surface area (Å²) in [4.78, 5) is 36.9. The lowest BCUT2D eigenvalue weighted by atomic mass is 10.1. The molecule has 2 heterocycles. The first kappa shape index (κ1) is 19.9. The van der Waals surface area contributed by atoms with Gasteiger partial charge in [-0.3, -0.25) is 14.4 Å². The zero-order chi connectivity index (χ0) is 21.3. The van der Waals surface area contributed by atoms with Gasteiger partial charge in [-0.05, 0) is 17.7 Å². The largest absolute Gasteiger partial charge is 0.504 e. The Bertz CT molecular complexity index is 1010. The maximum absolute atomic E-state index is 12.5. The lowest BCUT2D eigenvalue weighted by Crippen LogP contribution is -2.40. The van der Waals surface area contributed by atoms with Crippen LogP contribution in [-0.2, 0) is 11.2 Å². The quantitative estimate of drug-likeness (QED) is 0.593. The minimum Gasteiger partial charge on any atom is -0.504 e. The van der Waals surface area contributed by atoms with Crippen molar-refractivity contribution in [2.45, 2.75) is 12.5 Å². The van der Waals surface area contributed by atoms with Gasteiger partial charge in [0, 0.05) is 30.3 Å². The average Bonchev–Trinajstić information content (AvgIpc) is 3.03. The third-order valence-electron chi connectivity index (χ3n) is 4.73. The highest BCUT2D eigenvalue weighted by molar-refractivity contribution is 8.26. The number of thioether (sulfide) groups is 1. The first-order valence-corrected chi connectivity index (χ1v) is 9.94. The molecule has 0 radical (unpaired) electrons. The van der Waals surface area contributed by atoms with Gasteiger partial charge in [0.15, 0.2) is 18.2 Å². The Morgan fingerprint density at radius 2 is 1.87 bits per heavy atom. The number of phenolic OH excluding ortho intramolecular Hbond substituents is 2. The minimum absolute atomic E-state index is 0.0114. The second-order valence-electron chi connectivity index (χ2n) is 6.78. The Hall–Kier alpha value is -3.40. The number of nitrogens with one attached hydrogen (secondary N) is 1. The molecule has 0 saturated carbocycles. The molecule has 156 valence electrons. The number of hydrogen-bond donors (Lipinski definition) is 3. The molecule has 1 saturated heterocycles. The standard InChI is InChI=1S/C20H18N2O7S/c23-15-8-13-17(9-16(15)24)29-10-22(18(13)25)5-6-28-12-3-1-11(2-4-12)7-14-19(26)30-20(27)21-14/h1-4,8-9,14,23-24H,5-7,10H2,(H,21,27). The molecular weight excluding hydrogens is 412 g/mol. The summed E-state index contributed by atoms with van der Waals surface area (Å²) in [5.74, 6) is -0.241. The van der Waals surface area contributed by atoms with E-state index in [1.54, 1.807) is 12.1 Å². The summed E-state index contributed by atoms with van der Waals surface area (Å²) in [7, 11) is 0. The molecule has 9 nitrogen and oxygen atoms in total. The van der Waals surface area contributed by atoms with E-state index in [2.05, 4.69) is 5.32 Å². The third kappa shape index (κ3) is 4.13. The Morgan fingerprint density at radius 3 is 2.57 bits per heavy atom. The fourth-order valence-electron chi connectivity index (χ4n) is 3.15. The molecule has 2 aromatic rings. The van der Waals surface area contributed by atoms with Gasteiger partial charge in [0.05, 0.1) is 12.1 Å². The number of benzene rings is 2. The molecule has 3 N–H and O–H groups in total. The van der Waals surface area contributed by atoms with Crippen LogP contribution in [0.3, 0.4) is 0 Å². The van der Waals surface area contributed by atoms with Gasteiger partial charge in [0.25, 0.3) is 11.1 Å². The zero-order valence-electron chi connectivity index (χ0n) is 15.7. The van der Waals surface area contributed by atoms with Crippen LogP contribution < -0.4 is 14.8 Å². The molecular formula is C20H18N2O7S. The van der Waals surface area contributed by atoms with Gasteiger partial charge in [0.1, 0.15) is 24.1 Å². The number of hydrogen-bond acceptors (Lipinski definition) is 8. The second-order valence-corrected chi connectivity index (χ2v) is 7.76. The number of fused-ring (bicyclic) bond motifs is 1. The molecule has 0 aromatic heterocycles. The molecule has 0 aliphatic carbocycles. The lowest BCUT2D eigenvalue weighted by molar-refractivity contribution is -0.112. The Kier molecular flexibility index (Phi) is 5.40. The Balaban J connectivity index is 1.29. The number of amides is 2. The van der Waals surface area contributed by atoms with Gasteiger partial charge in [0.2, 0.25) is 5.12 Å². The van der Waals surface area contributed by atoms with Crippen LogP contribution >= 0.6 is 11.8 Å². The van der Waals surface area contributed by atoms with E-state index in [1.165, 1.54) is 17.0 Å². The van der Waals surface area contributed by atoms with E-state index in [-0.39, 0.29) is 59.0 Å². The van der Waals surface area contributed by atoms with Gasteiger partial charge in [-0.1, -0.05) is 12.1 Å². The monoisotopic (exact) mass is 430 g/mol. The van der Waals surface area contributed by atoms with E-state index in [1.807, 2.05) is 12.1 Å². The van der Waals surface area contributed by atoms with Crippen molar-refractivity contribution in [1.29, 1.82) is 0 Å². The topological polar surface area (TPSA) is 125 Å². The van der Waals surface area contributed by atoms with Crippen molar-refractivity contribution in [3.05, 3.63) is 47.5 Å². The summed E-state index contributed by atoms with van der Waals surface area (Å²) < 4.78 is 11.1. The minimum atomic E-state index is -0.511. The molecule has 2 aliphatic heterocycles. The van der Waals surface area contributed by atoms with Crippen LogP contribution in [0.15, 0.2) is 36.4 Å². The van der Waals surface area contributed by atoms with Crippen LogP contribution in [0.2, 0.25) is 0 Å². The predicted molar refractivity (Wildman–Crippen MR) is 107 cm³/mol. The fourth-order valence-corrected chi connectivity index (χ4v) is 3.81. The number of ether oxygens (including phenoxy) is 2. The van der Waals surface area contributed by atoms with Crippen LogP contribution in [0, 0.1) is 0 Å². The van der Waals surface area contributed by atoms with Gasteiger partial charge >= 0.3 is 0 Å². The molecule has 2 amide bonds. The predicted octanol–water partition coefficient (Wildman–Crippen LogP) is 1.86. The number of rotatable bonds is 6. The van der Waals surface area contributed by atoms with Crippen LogP contribution in [0.1, 0.15) is 15.9 Å². The van der Waals surface area contributed by atoms with E-state index < -0.39 is 6.04 Å². The first-order chi connectivity index (χ1) is 14.4. The highest BCUT2D eigenvalue weighted by Gasteiger charge is 2.31. The normalized spacial score (nSPS) is 18.1. The van der Waals surface area contributed by atoms with Gasteiger partial charge < -0.3 is 29.9 Å². The Labute approximate surface area is 175 Å². The molecule has 1 atom stereocenters. The highest BCUT2D eigenvalue weighted by Crippen LogP contribution is 2.35. The average molecular weight is 430 g/mol. The van der Waals surface area contributed by atoms with Crippen LogP contribution in [0.25, 0.3) is 0 Å². The Morgan fingerprint density at radius 1 is 1.13 bits per heavy atom. The van der Waals surface area contributed by atoms with Crippen LogP contribution in [0.4, 0.5) is 4.79 Å². The fraction of sp³-hybridized carbons (Fsp3) is 0.250. The SMILES string of the molecule is O=C1NC(Cc2ccc(OCCN3COc4cc(O)c(O)cc4C3=O)cc2)C(=O)S1. The van der Waals surface area contributed by atoms with Crippen molar-refractivity contribution in [2.24, 2.45) is 0 Å². The number of phenols is 2. The van der Waals surface area contributed by atoms with Crippen molar-refractivity contribution in [2.75, 3.05) is 19.9 Å². The summed E-state index contributed by atoms with van der Waals surface area (Å²) in [6.07, 6.45) is 0.416. The van der Waals surface area contributed by atoms with Crippen LogP contribution in [0.5, 0.6) is 23.0 Å². The molecule has 30 heavy (non-hydrogen) atoms. The maximum Gasteiger partial charge on any atom is 0.287 e. The molecule has 1 unspecified atom stereocenters. The third-order valence-corrected chi connectivity index (χ3v) is 5.52. The number of carbonyl (C=O) groups is 3. The zero-order valence-corrected chi connectivity index (χ0v) is 16.5. The van der Waals surface area contributed by atoms with Crippen molar-refractivity contribution < 1.29 is 34.1 Å². The summed E-state index contributed by atoms with van der Waals surface area (Å²) in [6.45, 7) is 0.501. The molecule has 0 spiro atoms. The van der Waals surface area contributed by atoms with E-state index in [0.717, 1.165) is 5.56 Å². The van der Waals surface area contributed by atoms with Gasteiger partial charge in [-0.2, -0.15) is 0 Å². The van der Waals surface area contributed by atoms with E-state index >= 15 is 0 Å². The summed E-state index contributed by atoms with van der Waals surface area (Å²) in [5, 5.41) is 21.2. The molecule has 10 heteroatoms. The first-order valence-electron chi connectivity index (χ1n) is 9.12.